The van der Waals surface area contributed by atoms with Gasteiger partial charge in [0.25, 0.3) is 0 Å². The molecule has 1 fully saturated rings. The van der Waals surface area contributed by atoms with Gasteiger partial charge in [0.15, 0.2) is 11.4 Å². The molecule has 10 heteroatoms. The molecule has 4 atom stereocenters. The molecule has 0 saturated carbocycles. The van der Waals surface area contributed by atoms with Crippen LogP contribution in [0.15, 0.2) is 36.4 Å². The van der Waals surface area contributed by atoms with Crippen molar-refractivity contribution in [3.05, 3.63) is 42.0 Å². The molecule has 2 amide bonds. The summed E-state index contributed by atoms with van der Waals surface area (Å²) in [5, 5.41) is 1.33. The highest BCUT2D eigenvalue weighted by Gasteiger charge is 2.56. The lowest BCUT2D eigenvalue weighted by Gasteiger charge is -2.48. The van der Waals surface area contributed by atoms with Crippen molar-refractivity contribution in [1.29, 1.82) is 0 Å². The third-order valence-corrected chi connectivity index (χ3v) is 5.56. The Morgan fingerprint density at radius 3 is 2.39 bits per heavy atom. The fourth-order valence-corrected chi connectivity index (χ4v) is 4.18. The van der Waals surface area contributed by atoms with Crippen molar-refractivity contribution in [2.24, 2.45) is 0 Å². The lowest BCUT2D eigenvalue weighted by Crippen LogP contribution is -2.74. The monoisotopic (exact) mass is 428 g/mol. The second kappa shape index (κ2) is 9.20. The van der Waals surface area contributed by atoms with Crippen LogP contribution in [-0.4, -0.2) is 51.5 Å². The Hall–Kier alpha value is -2.39. The molecule has 0 bridgehead atoms. The number of rotatable bonds is 8. The molecule has 152 valence electrons. The van der Waals surface area contributed by atoms with Crippen LogP contribution in [0.3, 0.4) is 0 Å². The minimum atomic E-state index is -2.02. The molecule has 1 aliphatic rings. The summed E-state index contributed by atoms with van der Waals surface area (Å²) in [6, 6.07) is 4.70. The lowest BCUT2D eigenvalue weighted by molar-refractivity contribution is -0.163. The van der Waals surface area contributed by atoms with Gasteiger partial charge in [-0.05, 0) is 40.9 Å². The minimum absolute atomic E-state index is 0.0294. The van der Waals surface area contributed by atoms with Gasteiger partial charge in [0.2, 0.25) is 11.8 Å². The topological polar surface area (TPSA) is 102 Å². The van der Waals surface area contributed by atoms with Gasteiger partial charge >= 0.3 is 5.97 Å². The molecule has 0 aliphatic carbocycles. The summed E-state index contributed by atoms with van der Waals surface area (Å²) in [7, 11) is 5.23. The Bertz CT molecular complexity index is 813. The highest BCUT2D eigenvalue weighted by atomic mass is 35.7. The summed E-state index contributed by atoms with van der Waals surface area (Å²) in [5.41, 5.74) is 1.04. The third-order valence-electron chi connectivity index (χ3n) is 4.14. The first kappa shape index (κ1) is 21.9. The van der Waals surface area contributed by atoms with Crippen LogP contribution in [0.2, 0.25) is 0 Å². The van der Waals surface area contributed by atoms with E-state index >= 15 is 0 Å². The first-order chi connectivity index (χ1) is 13.2. The van der Waals surface area contributed by atoms with Crippen LogP contribution < -0.4 is 10.1 Å². The van der Waals surface area contributed by atoms with E-state index in [9.17, 15) is 18.6 Å². The Labute approximate surface area is 169 Å². The number of methoxy groups -OCH3 is 1. The van der Waals surface area contributed by atoms with Crippen LogP contribution in [-0.2, 0) is 35.7 Å². The number of halogens is 1. The summed E-state index contributed by atoms with van der Waals surface area (Å²) in [4.78, 5) is 37.4. The minimum Gasteiger partial charge on any atom is -0.497 e. The second-order valence-electron chi connectivity index (χ2n) is 6.27. The van der Waals surface area contributed by atoms with Crippen LogP contribution >= 0.6 is 10.7 Å². The van der Waals surface area contributed by atoms with E-state index in [2.05, 4.69) is 11.9 Å². The average molecular weight is 429 g/mol. The SMILES string of the molecule is C=C(C)C(C(=O)OCc1ccc(OC)cc1)N1C(=O)C(NC(C)=O)C1S(=O)Cl. The maximum Gasteiger partial charge on any atom is 0.333 e. The van der Waals surface area contributed by atoms with Gasteiger partial charge in [-0.25, -0.2) is 9.00 Å². The van der Waals surface area contributed by atoms with Crippen molar-refractivity contribution in [3.63, 3.8) is 0 Å². The fourth-order valence-electron chi connectivity index (χ4n) is 2.82. The summed E-state index contributed by atoms with van der Waals surface area (Å²) >= 11 is 0. The molecule has 1 saturated heterocycles. The molecule has 1 N–H and O–H groups in total. The van der Waals surface area contributed by atoms with Gasteiger partial charge in [-0.2, -0.15) is 0 Å². The lowest BCUT2D eigenvalue weighted by atomic mass is 9.99. The van der Waals surface area contributed by atoms with E-state index < -0.39 is 45.3 Å². The summed E-state index contributed by atoms with van der Waals surface area (Å²) < 4.78 is 22.3. The number of esters is 1. The van der Waals surface area contributed by atoms with E-state index in [4.69, 9.17) is 20.2 Å². The largest absolute Gasteiger partial charge is 0.497 e. The number of nitrogens with one attached hydrogen (secondary N) is 1. The third kappa shape index (κ3) is 4.71. The van der Waals surface area contributed by atoms with Gasteiger partial charge < -0.3 is 19.7 Å². The Morgan fingerprint density at radius 2 is 1.93 bits per heavy atom. The number of hydrogen-bond acceptors (Lipinski definition) is 6. The van der Waals surface area contributed by atoms with Crippen molar-refractivity contribution in [2.75, 3.05) is 7.11 Å². The van der Waals surface area contributed by atoms with E-state index in [1.54, 1.807) is 38.3 Å². The van der Waals surface area contributed by atoms with Crippen molar-refractivity contribution in [3.8, 4) is 5.75 Å². The van der Waals surface area contributed by atoms with E-state index in [1.807, 2.05) is 0 Å². The van der Waals surface area contributed by atoms with Crippen LogP contribution in [0.25, 0.3) is 0 Å². The summed E-state index contributed by atoms with van der Waals surface area (Å²) in [5.74, 6) is -1.12. The van der Waals surface area contributed by atoms with Gasteiger partial charge in [0, 0.05) is 6.92 Å². The van der Waals surface area contributed by atoms with Gasteiger partial charge in [0.1, 0.15) is 28.4 Å². The molecule has 0 radical (unpaired) electrons. The number of hydrogen-bond donors (Lipinski definition) is 1. The summed E-state index contributed by atoms with van der Waals surface area (Å²) in [6.45, 7) is 6.48. The normalized spacial score (nSPS) is 20.6. The van der Waals surface area contributed by atoms with Crippen LogP contribution in [0.4, 0.5) is 0 Å². The van der Waals surface area contributed by atoms with Gasteiger partial charge in [-0.1, -0.05) is 18.7 Å². The van der Waals surface area contributed by atoms with E-state index in [-0.39, 0.29) is 6.61 Å². The molecule has 0 spiro atoms. The number of β-lactam (4-membered cyclic amide) rings is 1. The predicted molar refractivity (Wildman–Crippen MR) is 104 cm³/mol. The van der Waals surface area contributed by atoms with Crippen LogP contribution in [0.5, 0.6) is 5.75 Å². The van der Waals surface area contributed by atoms with Crippen LogP contribution in [0.1, 0.15) is 19.4 Å². The average Bonchev–Trinajstić information content (AvgIpc) is 2.64. The Balaban J connectivity index is 2.13. The summed E-state index contributed by atoms with van der Waals surface area (Å²) in [6.07, 6.45) is 0. The van der Waals surface area contributed by atoms with E-state index in [0.29, 0.717) is 11.3 Å². The molecular formula is C18H21ClN2O6S. The number of carbonyl (C=O) groups excluding carboxylic acids is 3. The number of amides is 2. The number of likely N-dealkylation sites (tertiary alicyclic amines) is 1. The van der Waals surface area contributed by atoms with Gasteiger partial charge in [-0.15, -0.1) is 0 Å². The van der Waals surface area contributed by atoms with Crippen molar-refractivity contribution >= 4 is 38.5 Å². The molecule has 1 aromatic carbocycles. The van der Waals surface area contributed by atoms with Gasteiger partial charge in [0.05, 0.1) is 7.11 Å². The zero-order valence-electron chi connectivity index (χ0n) is 15.6. The highest BCUT2D eigenvalue weighted by molar-refractivity contribution is 8.08. The predicted octanol–water partition coefficient (Wildman–Crippen LogP) is 1.26. The molecule has 4 unspecified atom stereocenters. The first-order valence-corrected chi connectivity index (χ1v) is 10.3. The Kier molecular flexibility index (Phi) is 7.20. The quantitative estimate of drug-likeness (QED) is 0.289. The fraction of sp³-hybridized carbons (Fsp3) is 0.389. The van der Waals surface area contributed by atoms with E-state index in [0.717, 1.165) is 10.5 Å². The molecular weight excluding hydrogens is 408 g/mol. The molecule has 2 rings (SSSR count). The Morgan fingerprint density at radius 1 is 1.32 bits per heavy atom. The number of ether oxygens (including phenoxy) is 2. The molecule has 1 aromatic rings. The number of nitrogens with zero attached hydrogens (tertiary/aromatic N) is 1. The number of benzene rings is 1. The first-order valence-electron chi connectivity index (χ1n) is 8.28. The molecule has 1 heterocycles. The molecule has 8 nitrogen and oxygen atoms in total. The zero-order chi connectivity index (χ0) is 21.0. The molecule has 1 aliphatic heterocycles. The number of carbonyl (C=O) groups is 3. The van der Waals surface area contributed by atoms with E-state index in [1.165, 1.54) is 6.92 Å². The molecule has 28 heavy (non-hydrogen) atoms. The standard InChI is InChI=1S/C18H21ClN2O6S/c1-10(2)15(18(24)27-9-12-5-7-13(26-4)8-6-12)21-16(23)14(20-11(3)22)17(21)28(19)25/h5-8,14-15,17H,1,9H2,2-4H3,(H,20,22). The maximum absolute atomic E-state index is 12.6. The molecule has 0 aromatic heterocycles. The van der Waals surface area contributed by atoms with Crippen molar-refractivity contribution in [1.82, 2.24) is 10.2 Å². The van der Waals surface area contributed by atoms with Gasteiger partial charge in [-0.3, -0.25) is 9.59 Å². The maximum atomic E-state index is 12.6. The zero-order valence-corrected chi connectivity index (χ0v) is 17.2. The smallest absolute Gasteiger partial charge is 0.333 e. The van der Waals surface area contributed by atoms with Crippen molar-refractivity contribution in [2.45, 2.75) is 37.9 Å². The highest BCUT2D eigenvalue weighted by Crippen LogP contribution is 2.31. The second-order valence-corrected chi connectivity index (χ2v) is 8.16. The van der Waals surface area contributed by atoms with Crippen LogP contribution in [0, 0.1) is 0 Å². The van der Waals surface area contributed by atoms with Crippen molar-refractivity contribution < 1.29 is 28.1 Å².